The minimum Gasteiger partial charge on any atom is -0.479 e. The number of carbonyl (C=O) groups is 1. The zero-order valence-corrected chi connectivity index (χ0v) is 9.50. The Morgan fingerprint density at radius 3 is 2.71 bits per heavy atom. The van der Waals surface area contributed by atoms with Crippen LogP contribution in [-0.4, -0.2) is 29.4 Å². The van der Waals surface area contributed by atoms with Crippen LogP contribution in [0.1, 0.15) is 36.0 Å². The van der Waals surface area contributed by atoms with Crippen LogP contribution in [0.5, 0.6) is 0 Å². The van der Waals surface area contributed by atoms with Crippen molar-refractivity contribution in [1.29, 1.82) is 0 Å². The quantitative estimate of drug-likeness (QED) is 0.789. The third-order valence-electron chi connectivity index (χ3n) is 2.90. The normalized spacial score (nSPS) is 16.8. The molecule has 0 amide bonds. The van der Waals surface area contributed by atoms with Crippen LogP contribution >= 0.6 is 0 Å². The second-order valence-electron chi connectivity index (χ2n) is 4.22. The Balaban J connectivity index is 2.24. The lowest BCUT2D eigenvalue weighted by Gasteiger charge is -2.16. The molecule has 0 heterocycles. The molecule has 0 spiro atoms. The molecule has 2 rings (SSSR count). The molecule has 1 aliphatic rings. The predicted molar refractivity (Wildman–Crippen MR) is 61.8 cm³/mol. The van der Waals surface area contributed by atoms with E-state index in [4.69, 9.17) is 9.84 Å². The molecule has 0 saturated heterocycles. The molecule has 17 heavy (non-hydrogen) atoms. The van der Waals surface area contributed by atoms with Crippen molar-refractivity contribution in [3.63, 3.8) is 0 Å². The van der Waals surface area contributed by atoms with E-state index in [1.807, 2.05) is 18.2 Å². The smallest absolute Gasteiger partial charge is 0.337 e. The van der Waals surface area contributed by atoms with Crippen molar-refractivity contribution in [3.05, 3.63) is 35.4 Å². The Morgan fingerprint density at radius 1 is 1.41 bits per heavy atom. The number of ether oxygens (including phenoxy) is 1. The zero-order chi connectivity index (χ0) is 12.3. The van der Waals surface area contributed by atoms with Gasteiger partial charge in [0.2, 0.25) is 0 Å². The van der Waals surface area contributed by atoms with Gasteiger partial charge in [-0.2, -0.15) is 0 Å². The maximum Gasteiger partial charge on any atom is 0.337 e. The van der Waals surface area contributed by atoms with Crippen LogP contribution in [0.25, 0.3) is 0 Å². The number of hydrogen-bond donors (Lipinski definition) is 2. The van der Waals surface area contributed by atoms with E-state index in [1.54, 1.807) is 6.07 Å². The van der Waals surface area contributed by atoms with Crippen LogP contribution in [0.2, 0.25) is 0 Å². The first-order valence-electron chi connectivity index (χ1n) is 5.78. The van der Waals surface area contributed by atoms with E-state index < -0.39 is 12.1 Å². The highest BCUT2D eigenvalue weighted by Crippen LogP contribution is 2.43. The Hall–Kier alpha value is -1.39. The number of benzene rings is 1. The van der Waals surface area contributed by atoms with Crippen molar-refractivity contribution in [2.75, 3.05) is 13.2 Å². The van der Waals surface area contributed by atoms with Crippen LogP contribution in [0.15, 0.2) is 24.3 Å². The molecule has 1 unspecified atom stereocenters. The fraction of sp³-hybridized carbons (Fsp3) is 0.462. The number of carboxylic acids is 1. The highest BCUT2D eigenvalue weighted by molar-refractivity contribution is 5.75. The van der Waals surface area contributed by atoms with Gasteiger partial charge in [-0.05, 0) is 29.9 Å². The second kappa shape index (κ2) is 5.29. The summed E-state index contributed by atoms with van der Waals surface area (Å²) in [4.78, 5) is 11.2. The van der Waals surface area contributed by atoms with E-state index >= 15 is 0 Å². The standard InChI is InChI=1S/C13H16O4/c14-7-8-17-12(13(15)16)11-4-2-1-3-10(11)9-5-6-9/h1-4,9,12,14H,5-8H2,(H,15,16). The van der Waals surface area contributed by atoms with Crippen LogP contribution in [-0.2, 0) is 9.53 Å². The van der Waals surface area contributed by atoms with E-state index in [9.17, 15) is 9.90 Å². The van der Waals surface area contributed by atoms with Crippen molar-refractivity contribution in [2.24, 2.45) is 0 Å². The third-order valence-corrected chi connectivity index (χ3v) is 2.90. The number of carboxylic acid groups (broad SMARTS) is 1. The van der Waals surface area contributed by atoms with Crippen molar-refractivity contribution < 1.29 is 19.7 Å². The maximum atomic E-state index is 11.2. The summed E-state index contributed by atoms with van der Waals surface area (Å²) in [5.74, 6) is -0.530. The molecule has 92 valence electrons. The summed E-state index contributed by atoms with van der Waals surface area (Å²) in [5.41, 5.74) is 1.79. The molecule has 0 radical (unpaired) electrons. The summed E-state index contributed by atoms with van der Waals surface area (Å²) in [7, 11) is 0. The summed E-state index contributed by atoms with van der Waals surface area (Å²) >= 11 is 0. The minimum atomic E-state index is -1.01. The summed E-state index contributed by atoms with van der Waals surface area (Å²) in [6.45, 7) is -0.134. The average molecular weight is 236 g/mol. The highest BCUT2D eigenvalue weighted by atomic mass is 16.5. The van der Waals surface area contributed by atoms with E-state index in [0.29, 0.717) is 5.92 Å². The Bertz CT molecular complexity index is 398. The van der Waals surface area contributed by atoms with Crippen molar-refractivity contribution in [3.8, 4) is 0 Å². The molecule has 2 N–H and O–H groups in total. The van der Waals surface area contributed by atoms with Crippen molar-refractivity contribution in [1.82, 2.24) is 0 Å². The number of rotatable bonds is 6. The van der Waals surface area contributed by atoms with Gasteiger partial charge in [-0.15, -0.1) is 0 Å². The van der Waals surface area contributed by atoms with Crippen LogP contribution < -0.4 is 0 Å². The molecule has 4 nitrogen and oxygen atoms in total. The van der Waals surface area contributed by atoms with Gasteiger partial charge in [0.15, 0.2) is 6.10 Å². The first kappa shape index (κ1) is 12.1. The molecule has 0 aromatic heterocycles. The van der Waals surface area contributed by atoms with Crippen LogP contribution in [0, 0.1) is 0 Å². The lowest BCUT2D eigenvalue weighted by molar-refractivity contribution is -0.151. The van der Waals surface area contributed by atoms with E-state index in [-0.39, 0.29) is 13.2 Å². The number of aliphatic hydroxyl groups is 1. The summed E-state index contributed by atoms with van der Waals surface area (Å²) < 4.78 is 5.21. The number of aliphatic carboxylic acids is 1. The molecule has 1 saturated carbocycles. The predicted octanol–water partition coefficient (Wildman–Crippen LogP) is 1.70. The number of hydrogen-bond acceptors (Lipinski definition) is 3. The maximum absolute atomic E-state index is 11.2. The summed E-state index contributed by atoms with van der Waals surface area (Å²) in [6, 6.07) is 7.50. The number of aliphatic hydroxyl groups excluding tert-OH is 1. The lowest BCUT2D eigenvalue weighted by Crippen LogP contribution is -2.18. The second-order valence-corrected chi connectivity index (χ2v) is 4.22. The van der Waals surface area contributed by atoms with Gasteiger partial charge in [-0.3, -0.25) is 0 Å². The van der Waals surface area contributed by atoms with Gasteiger partial charge < -0.3 is 14.9 Å². The SMILES string of the molecule is O=C(O)C(OCCO)c1ccccc1C1CC1. The molecule has 1 atom stereocenters. The Labute approximate surface area is 99.8 Å². The molecule has 1 fully saturated rings. The molecule has 1 aromatic carbocycles. The summed E-state index contributed by atoms with van der Waals surface area (Å²) in [5, 5.41) is 17.9. The largest absolute Gasteiger partial charge is 0.479 e. The fourth-order valence-electron chi connectivity index (χ4n) is 1.98. The van der Waals surface area contributed by atoms with Gasteiger partial charge in [0, 0.05) is 0 Å². The minimum absolute atomic E-state index is 0.0377. The van der Waals surface area contributed by atoms with E-state index in [1.165, 1.54) is 0 Å². The highest BCUT2D eigenvalue weighted by Gasteiger charge is 2.30. The molecule has 0 aliphatic heterocycles. The lowest BCUT2D eigenvalue weighted by atomic mass is 9.99. The Morgan fingerprint density at radius 2 is 2.12 bits per heavy atom. The molecule has 4 heteroatoms. The van der Waals surface area contributed by atoms with Gasteiger partial charge in [0.05, 0.1) is 13.2 Å². The molecular formula is C13H16O4. The summed E-state index contributed by atoms with van der Waals surface area (Å²) in [6.07, 6.45) is 1.26. The first-order valence-corrected chi connectivity index (χ1v) is 5.78. The van der Waals surface area contributed by atoms with Crippen molar-refractivity contribution >= 4 is 5.97 Å². The van der Waals surface area contributed by atoms with Crippen LogP contribution in [0.4, 0.5) is 0 Å². The Kier molecular flexibility index (Phi) is 3.76. The molecular weight excluding hydrogens is 220 g/mol. The van der Waals surface area contributed by atoms with E-state index in [0.717, 1.165) is 24.0 Å². The van der Waals surface area contributed by atoms with Gasteiger partial charge in [-0.25, -0.2) is 4.79 Å². The first-order chi connectivity index (χ1) is 8.24. The van der Waals surface area contributed by atoms with Crippen molar-refractivity contribution in [2.45, 2.75) is 24.9 Å². The molecule has 0 bridgehead atoms. The zero-order valence-electron chi connectivity index (χ0n) is 9.50. The molecule has 1 aromatic rings. The van der Waals surface area contributed by atoms with Gasteiger partial charge in [0.1, 0.15) is 0 Å². The topological polar surface area (TPSA) is 66.8 Å². The van der Waals surface area contributed by atoms with Crippen LogP contribution in [0.3, 0.4) is 0 Å². The monoisotopic (exact) mass is 236 g/mol. The third kappa shape index (κ3) is 2.84. The fourth-order valence-corrected chi connectivity index (χ4v) is 1.98. The van der Waals surface area contributed by atoms with Gasteiger partial charge >= 0.3 is 5.97 Å². The molecule has 1 aliphatic carbocycles. The van der Waals surface area contributed by atoms with Gasteiger partial charge in [-0.1, -0.05) is 24.3 Å². The average Bonchev–Trinajstić information content (AvgIpc) is 3.14. The van der Waals surface area contributed by atoms with Gasteiger partial charge in [0.25, 0.3) is 0 Å². The van der Waals surface area contributed by atoms with E-state index in [2.05, 4.69) is 0 Å².